The van der Waals surface area contributed by atoms with Gasteiger partial charge in [0.25, 0.3) is 5.91 Å². The van der Waals surface area contributed by atoms with Gasteiger partial charge >= 0.3 is 0 Å². The van der Waals surface area contributed by atoms with Crippen molar-refractivity contribution in [2.75, 3.05) is 6.54 Å². The molecule has 0 fully saturated rings. The number of nitrogens with zero attached hydrogens (tertiary/aromatic N) is 3. The summed E-state index contributed by atoms with van der Waals surface area (Å²) in [6.45, 7) is 2.10. The number of fused-ring (bicyclic) bond motifs is 1. The van der Waals surface area contributed by atoms with Crippen molar-refractivity contribution in [2.45, 2.75) is 19.7 Å². The van der Waals surface area contributed by atoms with Gasteiger partial charge in [-0.3, -0.25) is 9.48 Å². The minimum atomic E-state index is -0.0985. The second kappa shape index (κ2) is 7.62. The Balaban J connectivity index is 1.45. The molecule has 0 spiro atoms. The third-order valence-corrected chi connectivity index (χ3v) is 4.84. The fourth-order valence-electron chi connectivity index (χ4n) is 3.08. The van der Waals surface area contributed by atoms with Crippen molar-refractivity contribution in [3.05, 3.63) is 81.5 Å². The number of rotatable bonds is 4. The summed E-state index contributed by atoms with van der Waals surface area (Å²) in [4.78, 5) is 14.5. The third-order valence-electron chi connectivity index (χ3n) is 4.40. The number of aromatic nitrogens is 2. The van der Waals surface area contributed by atoms with Crippen LogP contribution in [0.5, 0.6) is 5.88 Å². The highest BCUT2D eigenvalue weighted by Crippen LogP contribution is 2.23. The number of carbonyl (C=O) groups excluding carboxylic acids is 1. The van der Waals surface area contributed by atoms with E-state index in [2.05, 4.69) is 5.10 Å². The lowest BCUT2D eigenvalue weighted by Gasteiger charge is -2.27. The van der Waals surface area contributed by atoms with Crippen LogP contribution in [0, 0.1) is 0 Å². The van der Waals surface area contributed by atoms with Gasteiger partial charge in [-0.25, -0.2) is 0 Å². The molecule has 0 saturated carbocycles. The summed E-state index contributed by atoms with van der Waals surface area (Å²) in [6.07, 6.45) is 0. The monoisotopic (exact) mass is 401 g/mol. The molecule has 2 aromatic carbocycles. The number of hydrogen-bond donors (Lipinski definition) is 0. The van der Waals surface area contributed by atoms with Crippen molar-refractivity contribution in [2.24, 2.45) is 0 Å². The number of ether oxygens (including phenoxy) is 1. The SMILES string of the molecule is O=C(c1cc(Cl)cc(Cl)c1)N1CCn2nc(OCc3ccccc3)cc2C1. The van der Waals surface area contributed by atoms with Gasteiger partial charge in [0.2, 0.25) is 5.88 Å². The molecule has 0 unspecified atom stereocenters. The summed E-state index contributed by atoms with van der Waals surface area (Å²) in [5.74, 6) is 0.465. The highest BCUT2D eigenvalue weighted by atomic mass is 35.5. The van der Waals surface area contributed by atoms with E-state index in [-0.39, 0.29) is 5.91 Å². The zero-order chi connectivity index (χ0) is 18.8. The normalized spacial score (nSPS) is 13.3. The maximum Gasteiger partial charge on any atom is 0.254 e. The molecule has 0 radical (unpaired) electrons. The van der Waals surface area contributed by atoms with Crippen LogP contribution in [-0.4, -0.2) is 27.1 Å². The zero-order valence-corrected chi connectivity index (χ0v) is 16.0. The molecular weight excluding hydrogens is 385 g/mol. The smallest absolute Gasteiger partial charge is 0.254 e. The Labute approximate surface area is 167 Å². The fourth-order valence-corrected chi connectivity index (χ4v) is 3.60. The largest absolute Gasteiger partial charge is 0.472 e. The van der Waals surface area contributed by atoms with E-state index in [1.165, 1.54) is 0 Å². The maximum atomic E-state index is 12.8. The predicted molar refractivity (Wildman–Crippen MR) is 104 cm³/mol. The van der Waals surface area contributed by atoms with Gasteiger partial charge in [0.05, 0.1) is 18.8 Å². The Hall–Kier alpha value is -2.50. The molecule has 1 amide bonds. The van der Waals surface area contributed by atoms with Crippen LogP contribution in [0.2, 0.25) is 10.0 Å². The number of hydrogen-bond acceptors (Lipinski definition) is 3. The molecular formula is C20H17Cl2N3O2. The first-order chi connectivity index (χ1) is 13.1. The van der Waals surface area contributed by atoms with Crippen molar-refractivity contribution in [3.8, 4) is 5.88 Å². The number of benzene rings is 2. The molecule has 1 aliphatic rings. The molecule has 1 aliphatic heterocycles. The minimum absolute atomic E-state index is 0.0985. The van der Waals surface area contributed by atoms with Crippen LogP contribution in [0.4, 0.5) is 0 Å². The van der Waals surface area contributed by atoms with Crippen LogP contribution in [-0.2, 0) is 19.7 Å². The molecule has 4 rings (SSSR count). The molecule has 0 bridgehead atoms. The molecule has 138 valence electrons. The van der Waals surface area contributed by atoms with Gasteiger partial charge in [0.1, 0.15) is 6.61 Å². The minimum Gasteiger partial charge on any atom is -0.472 e. The predicted octanol–water partition coefficient (Wildman–Crippen LogP) is 4.42. The Bertz CT molecular complexity index is 952. The zero-order valence-electron chi connectivity index (χ0n) is 14.4. The van der Waals surface area contributed by atoms with Gasteiger partial charge in [-0.05, 0) is 23.8 Å². The first-order valence-electron chi connectivity index (χ1n) is 8.57. The average molecular weight is 402 g/mol. The number of amides is 1. The van der Waals surface area contributed by atoms with E-state index in [0.717, 1.165) is 11.3 Å². The molecule has 0 atom stereocenters. The Kier molecular flexibility index (Phi) is 5.05. The van der Waals surface area contributed by atoms with Crippen molar-refractivity contribution in [1.29, 1.82) is 0 Å². The van der Waals surface area contributed by atoms with Gasteiger partial charge < -0.3 is 9.64 Å². The van der Waals surface area contributed by atoms with Gasteiger partial charge in [-0.15, -0.1) is 5.10 Å². The molecule has 3 aromatic rings. The summed E-state index contributed by atoms with van der Waals surface area (Å²) in [5, 5.41) is 5.37. The Morgan fingerprint density at radius 2 is 1.78 bits per heavy atom. The topological polar surface area (TPSA) is 47.4 Å². The van der Waals surface area contributed by atoms with Crippen LogP contribution in [0.1, 0.15) is 21.6 Å². The summed E-state index contributed by atoms with van der Waals surface area (Å²) < 4.78 is 7.67. The van der Waals surface area contributed by atoms with Gasteiger partial charge in [0, 0.05) is 28.2 Å². The van der Waals surface area contributed by atoms with E-state index >= 15 is 0 Å². The first kappa shape index (κ1) is 17.9. The standard InChI is InChI=1S/C20H17Cl2N3O2/c21-16-8-15(9-17(22)10-16)20(26)24-6-7-25-18(12-24)11-19(23-25)27-13-14-4-2-1-3-5-14/h1-5,8-11H,6-7,12-13H2. The Morgan fingerprint density at radius 3 is 2.52 bits per heavy atom. The van der Waals surface area contributed by atoms with E-state index in [1.54, 1.807) is 23.1 Å². The van der Waals surface area contributed by atoms with E-state index < -0.39 is 0 Å². The lowest BCUT2D eigenvalue weighted by molar-refractivity contribution is 0.0706. The summed E-state index contributed by atoms with van der Waals surface area (Å²) in [5.41, 5.74) is 2.50. The lowest BCUT2D eigenvalue weighted by atomic mass is 10.1. The molecule has 27 heavy (non-hydrogen) atoms. The van der Waals surface area contributed by atoms with Crippen LogP contribution in [0.15, 0.2) is 54.6 Å². The van der Waals surface area contributed by atoms with Crippen molar-refractivity contribution in [1.82, 2.24) is 14.7 Å². The van der Waals surface area contributed by atoms with Crippen molar-refractivity contribution in [3.63, 3.8) is 0 Å². The van der Waals surface area contributed by atoms with E-state index in [4.69, 9.17) is 27.9 Å². The van der Waals surface area contributed by atoms with Crippen molar-refractivity contribution < 1.29 is 9.53 Å². The van der Waals surface area contributed by atoms with Crippen LogP contribution in [0.3, 0.4) is 0 Å². The van der Waals surface area contributed by atoms with Crippen LogP contribution >= 0.6 is 23.2 Å². The highest BCUT2D eigenvalue weighted by Gasteiger charge is 2.24. The Morgan fingerprint density at radius 1 is 1.04 bits per heavy atom. The molecule has 0 saturated heterocycles. The van der Waals surface area contributed by atoms with Gasteiger partial charge in [-0.1, -0.05) is 53.5 Å². The number of halogens is 2. The second-order valence-corrected chi connectivity index (χ2v) is 7.23. The molecule has 5 nitrogen and oxygen atoms in total. The second-order valence-electron chi connectivity index (χ2n) is 6.36. The summed E-state index contributed by atoms with van der Waals surface area (Å²) in [6, 6.07) is 16.7. The van der Waals surface area contributed by atoms with E-state index in [1.807, 2.05) is 41.1 Å². The number of carbonyl (C=O) groups is 1. The van der Waals surface area contributed by atoms with Gasteiger partial charge in [0.15, 0.2) is 0 Å². The lowest BCUT2D eigenvalue weighted by Crippen LogP contribution is -2.38. The summed E-state index contributed by atoms with van der Waals surface area (Å²) >= 11 is 12.0. The quantitative estimate of drug-likeness (QED) is 0.649. The molecule has 1 aromatic heterocycles. The maximum absolute atomic E-state index is 12.8. The highest BCUT2D eigenvalue weighted by molar-refractivity contribution is 6.35. The van der Waals surface area contributed by atoms with E-state index in [0.29, 0.717) is 47.7 Å². The third kappa shape index (κ3) is 4.10. The molecule has 0 N–H and O–H groups in total. The molecule has 0 aliphatic carbocycles. The van der Waals surface area contributed by atoms with Gasteiger partial charge in [-0.2, -0.15) is 0 Å². The van der Waals surface area contributed by atoms with E-state index in [9.17, 15) is 4.79 Å². The van der Waals surface area contributed by atoms with Crippen LogP contribution < -0.4 is 4.74 Å². The first-order valence-corrected chi connectivity index (χ1v) is 9.33. The van der Waals surface area contributed by atoms with Crippen molar-refractivity contribution >= 4 is 29.1 Å². The summed E-state index contributed by atoms with van der Waals surface area (Å²) in [7, 11) is 0. The van der Waals surface area contributed by atoms with Crippen LogP contribution in [0.25, 0.3) is 0 Å². The molecule has 7 heteroatoms. The average Bonchev–Trinajstić information content (AvgIpc) is 3.08. The molecule has 2 heterocycles. The fraction of sp³-hybridized carbons (Fsp3) is 0.200.